The number of rotatable bonds is 5. The van der Waals surface area contributed by atoms with Crippen LogP contribution in [0.25, 0.3) is 0 Å². The monoisotopic (exact) mass is 446 g/mol. The molecule has 0 radical (unpaired) electrons. The van der Waals surface area contributed by atoms with Crippen molar-refractivity contribution in [1.82, 2.24) is 0 Å². The van der Waals surface area contributed by atoms with Gasteiger partial charge in [0.25, 0.3) is 0 Å². The molecule has 1 aromatic carbocycles. The van der Waals surface area contributed by atoms with E-state index in [1.54, 1.807) is 0 Å². The Morgan fingerprint density at radius 1 is 0.906 bits per heavy atom. The number of aliphatic carboxylic acids is 2. The van der Waals surface area contributed by atoms with E-state index in [0.29, 0.717) is 11.8 Å². The van der Waals surface area contributed by atoms with E-state index in [2.05, 4.69) is 0 Å². The molecule has 0 amide bonds. The Morgan fingerprint density at radius 3 is 1.91 bits per heavy atom. The summed E-state index contributed by atoms with van der Waals surface area (Å²) in [6.45, 7) is 0. The largest absolute Gasteiger partial charge is 0.481 e. The average Bonchev–Trinajstić information content (AvgIpc) is 2.77. The lowest BCUT2D eigenvalue weighted by molar-refractivity contribution is -0.150. The molecule has 5 aliphatic carbocycles. The molecule has 5 saturated carbocycles. The molecule has 5 nitrogen and oxygen atoms in total. The van der Waals surface area contributed by atoms with Gasteiger partial charge in [0.05, 0.1) is 6.42 Å². The minimum atomic E-state index is -1.13. The molecule has 1 aromatic rings. The molecule has 6 heteroatoms. The number of aliphatic hydroxyl groups excluding tert-OH is 1. The van der Waals surface area contributed by atoms with Crippen LogP contribution in [0.15, 0.2) is 24.3 Å². The summed E-state index contributed by atoms with van der Waals surface area (Å²) < 4.78 is 13.3. The molecule has 0 saturated heterocycles. The predicted molar refractivity (Wildman–Crippen MR) is 118 cm³/mol. The van der Waals surface area contributed by atoms with Gasteiger partial charge in [-0.3, -0.25) is 4.79 Å². The SMILES string of the molecule is O=C(O)C(O)C1CCCCC1.O=C(O)CC1(c2ccc(F)cc2)C2CC3CC(C2)CC1C3. The molecule has 3 N–H and O–H groups in total. The van der Waals surface area contributed by atoms with Crippen LogP contribution in [0.4, 0.5) is 4.39 Å². The fourth-order valence-electron chi connectivity index (χ4n) is 7.55. The number of carbonyl (C=O) groups is 2. The van der Waals surface area contributed by atoms with E-state index in [4.69, 9.17) is 10.2 Å². The van der Waals surface area contributed by atoms with Gasteiger partial charge in [0, 0.05) is 5.41 Å². The third-order valence-corrected chi connectivity index (χ3v) is 8.77. The topological polar surface area (TPSA) is 94.8 Å². The summed E-state index contributed by atoms with van der Waals surface area (Å²) in [4.78, 5) is 21.9. The Labute approximate surface area is 189 Å². The molecular weight excluding hydrogens is 411 g/mol. The zero-order valence-corrected chi connectivity index (χ0v) is 18.6. The number of halogens is 1. The lowest BCUT2D eigenvalue weighted by atomic mass is 9.43. The first-order valence-electron chi connectivity index (χ1n) is 12.2. The Kier molecular flexibility index (Phi) is 6.89. The van der Waals surface area contributed by atoms with E-state index in [-0.39, 0.29) is 23.6 Å². The van der Waals surface area contributed by atoms with Crippen LogP contribution < -0.4 is 0 Å². The smallest absolute Gasteiger partial charge is 0.332 e. The molecule has 1 atom stereocenters. The molecular formula is C26H35FO5. The van der Waals surface area contributed by atoms with Crippen molar-refractivity contribution >= 4 is 11.9 Å². The Hall–Kier alpha value is -1.95. The average molecular weight is 447 g/mol. The van der Waals surface area contributed by atoms with Gasteiger partial charge in [-0.25, -0.2) is 9.18 Å². The van der Waals surface area contributed by atoms with E-state index < -0.39 is 18.0 Å². The Morgan fingerprint density at radius 2 is 1.44 bits per heavy atom. The van der Waals surface area contributed by atoms with Crippen LogP contribution in [-0.2, 0) is 15.0 Å². The maximum absolute atomic E-state index is 13.3. The van der Waals surface area contributed by atoms with Crippen molar-refractivity contribution < 1.29 is 29.3 Å². The molecule has 5 aliphatic rings. The number of hydrogen-bond acceptors (Lipinski definition) is 3. The second kappa shape index (κ2) is 9.50. The first-order valence-corrected chi connectivity index (χ1v) is 12.2. The second-order valence-electron chi connectivity index (χ2n) is 10.6. The van der Waals surface area contributed by atoms with E-state index >= 15 is 0 Å². The molecule has 0 aliphatic heterocycles. The highest BCUT2D eigenvalue weighted by Crippen LogP contribution is 2.64. The Balaban J connectivity index is 0.000000189. The van der Waals surface area contributed by atoms with E-state index in [0.717, 1.165) is 68.8 Å². The molecule has 5 fully saturated rings. The Bertz CT molecular complexity index is 786. The summed E-state index contributed by atoms with van der Waals surface area (Å²) >= 11 is 0. The van der Waals surface area contributed by atoms with E-state index in [1.807, 2.05) is 12.1 Å². The van der Waals surface area contributed by atoms with E-state index in [1.165, 1.54) is 25.0 Å². The van der Waals surface area contributed by atoms with Crippen LogP contribution in [0.1, 0.15) is 76.2 Å². The predicted octanol–water partition coefficient (Wildman–Crippen LogP) is 5.01. The highest BCUT2D eigenvalue weighted by molar-refractivity contribution is 5.72. The molecule has 1 unspecified atom stereocenters. The molecule has 0 aromatic heterocycles. The minimum absolute atomic E-state index is 0.00116. The molecule has 4 bridgehead atoms. The number of hydrogen-bond donors (Lipinski definition) is 3. The van der Waals surface area contributed by atoms with Crippen molar-refractivity contribution in [3.63, 3.8) is 0 Å². The fourth-order valence-corrected chi connectivity index (χ4v) is 7.55. The summed E-state index contributed by atoms with van der Waals surface area (Å²) in [5.74, 6) is 0.508. The molecule has 0 spiro atoms. The zero-order valence-electron chi connectivity index (χ0n) is 18.6. The van der Waals surface area contributed by atoms with Gasteiger partial charge in [0.15, 0.2) is 6.10 Å². The van der Waals surface area contributed by atoms with Gasteiger partial charge in [-0.15, -0.1) is 0 Å². The van der Waals surface area contributed by atoms with Crippen LogP contribution in [-0.4, -0.2) is 33.4 Å². The minimum Gasteiger partial charge on any atom is -0.481 e. The first-order chi connectivity index (χ1) is 15.3. The lowest BCUT2D eigenvalue weighted by Crippen LogP contribution is -2.56. The summed E-state index contributed by atoms with van der Waals surface area (Å²) in [6, 6.07) is 6.65. The molecule has 176 valence electrons. The van der Waals surface area contributed by atoms with Crippen molar-refractivity contribution in [2.75, 3.05) is 0 Å². The summed E-state index contributed by atoms with van der Waals surface area (Å²) in [5, 5.41) is 27.1. The second-order valence-corrected chi connectivity index (χ2v) is 10.6. The zero-order chi connectivity index (χ0) is 22.9. The van der Waals surface area contributed by atoms with Gasteiger partial charge < -0.3 is 15.3 Å². The quantitative estimate of drug-likeness (QED) is 0.591. The van der Waals surface area contributed by atoms with Crippen LogP contribution in [0, 0.1) is 35.4 Å². The fraction of sp³-hybridized carbons (Fsp3) is 0.692. The van der Waals surface area contributed by atoms with Crippen molar-refractivity contribution in [3.8, 4) is 0 Å². The standard InChI is InChI=1S/C18H21FO2.C8H14O3/c19-16-3-1-13(2-4-16)18(10-17(20)21)14-6-11-5-12(8-14)9-15(18)7-11;9-7(8(10)11)6-4-2-1-3-5-6/h1-4,11-12,14-15H,5-10H2,(H,20,21);6-7,9H,1-5H2,(H,10,11). The van der Waals surface area contributed by atoms with Gasteiger partial charge in [0.1, 0.15) is 5.82 Å². The summed E-state index contributed by atoms with van der Waals surface area (Å²) in [6.07, 6.45) is 10.1. The van der Waals surface area contributed by atoms with Crippen LogP contribution in [0.5, 0.6) is 0 Å². The number of aliphatic hydroxyl groups is 1. The molecule has 0 heterocycles. The van der Waals surface area contributed by atoms with Crippen LogP contribution >= 0.6 is 0 Å². The van der Waals surface area contributed by atoms with Gasteiger partial charge in [0.2, 0.25) is 0 Å². The van der Waals surface area contributed by atoms with Crippen molar-refractivity contribution in [2.45, 2.75) is 82.1 Å². The summed E-state index contributed by atoms with van der Waals surface area (Å²) in [7, 11) is 0. The third-order valence-electron chi connectivity index (χ3n) is 8.77. The molecule has 32 heavy (non-hydrogen) atoms. The molecule has 6 rings (SSSR count). The van der Waals surface area contributed by atoms with Gasteiger partial charge >= 0.3 is 11.9 Å². The van der Waals surface area contributed by atoms with Crippen LogP contribution in [0.2, 0.25) is 0 Å². The highest BCUT2D eigenvalue weighted by Gasteiger charge is 2.58. The third kappa shape index (κ3) is 4.57. The maximum Gasteiger partial charge on any atom is 0.332 e. The van der Waals surface area contributed by atoms with Crippen molar-refractivity contribution in [1.29, 1.82) is 0 Å². The lowest BCUT2D eigenvalue weighted by Gasteiger charge is -2.61. The van der Waals surface area contributed by atoms with Gasteiger partial charge in [-0.1, -0.05) is 31.4 Å². The first kappa shape index (κ1) is 23.2. The van der Waals surface area contributed by atoms with Gasteiger partial charge in [-0.2, -0.15) is 0 Å². The normalized spacial score (nSPS) is 34.4. The van der Waals surface area contributed by atoms with Crippen molar-refractivity contribution in [2.24, 2.45) is 29.6 Å². The number of carboxylic acid groups (broad SMARTS) is 2. The number of benzene rings is 1. The maximum atomic E-state index is 13.3. The van der Waals surface area contributed by atoms with Crippen molar-refractivity contribution in [3.05, 3.63) is 35.6 Å². The number of carboxylic acids is 2. The summed E-state index contributed by atoms with van der Waals surface area (Å²) in [5.41, 5.74) is 0.799. The highest BCUT2D eigenvalue weighted by atomic mass is 19.1. The van der Waals surface area contributed by atoms with Gasteiger partial charge in [-0.05, 0) is 92.2 Å². The van der Waals surface area contributed by atoms with E-state index in [9.17, 15) is 19.1 Å². The van der Waals surface area contributed by atoms with Crippen LogP contribution in [0.3, 0.4) is 0 Å².